The minimum atomic E-state index is -0.116. The predicted octanol–water partition coefficient (Wildman–Crippen LogP) is 2.53. The Bertz CT molecular complexity index is 876. The van der Waals surface area contributed by atoms with Crippen LogP contribution in [0.4, 0.5) is 0 Å². The van der Waals surface area contributed by atoms with Crippen LogP contribution in [0.1, 0.15) is 29.7 Å². The van der Waals surface area contributed by atoms with Crippen molar-refractivity contribution in [2.45, 2.75) is 50.5 Å². The van der Waals surface area contributed by atoms with E-state index >= 15 is 0 Å². The summed E-state index contributed by atoms with van der Waals surface area (Å²) in [5, 5.41) is 12.3. The highest BCUT2D eigenvalue weighted by Gasteiger charge is 2.43. The zero-order valence-corrected chi connectivity index (χ0v) is 18.3. The van der Waals surface area contributed by atoms with Crippen molar-refractivity contribution in [3.63, 3.8) is 0 Å². The highest BCUT2D eigenvalue weighted by atomic mass is 35.5. The number of carbonyl (C=O) groups is 2. The molecule has 3 atom stereocenters. The van der Waals surface area contributed by atoms with Crippen LogP contribution in [-0.4, -0.2) is 47.9 Å². The number of benzene rings is 1. The number of halogens is 1. The number of rotatable bonds is 8. The van der Waals surface area contributed by atoms with Gasteiger partial charge in [0.05, 0.1) is 12.6 Å². The van der Waals surface area contributed by atoms with E-state index < -0.39 is 0 Å². The highest BCUT2D eigenvalue weighted by Crippen LogP contribution is 2.26. The average Bonchev–Trinajstić information content (AvgIpc) is 3.41. The van der Waals surface area contributed by atoms with Gasteiger partial charge in [0.15, 0.2) is 0 Å². The van der Waals surface area contributed by atoms with E-state index in [4.69, 9.17) is 11.6 Å². The maximum atomic E-state index is 12.4. The molecule has 1 aromatic carbocycles. The Kier molecular flexibility index (Phi) is 7.04. The fourth-order valence-corrected chi connectivity index (χ4v) is 5.14. The van der Waals surface area contributed by atoms with Crippen LogP contribution in [0.5, 0.6) is 0 Å². The summed E-state index contributed by atoms with van der Waals surface area (Å²) >= 11 is 7.71. The average molecular weight is 447 g/mol. The van der Waals surface area contributed by atoms with Gasteiger partial charge in [-0.1, -0.05) is 29.8 Å². The van der Waals surface area contributed by atoms with Crippen molar-refractivity contribution in [2.75, 3.05) is 13.1 Å². The zero-order valence-electron chi connectivity index (χ0n) is 16.8. The quantitative estimate of drug-likeness (QED) is 0.582. The number of fused-ring (bicyclic) bond motifs is 1. The lowest BCUT2D eigenvalue weighted by molar-refractivity contribution is -0.129. The molecule has 2 saturated heterocycles. The number of nitrogens with zero attached hydrogens (tertiary/aromatic N) is 1. The fraction of sp³-hybridized carbons (Fsp3) is 0.455. The Labute approximate surface area is 186 Å². The normalized spacial score (nSPS) is 23.8. The van der Waals surface area contributed by atoms with Crippen LogP contribution < -0.4 is 16.0 Å². The standard InChI is InChI=1S/C22H27ClN4O2S/c23-16-4-1-3-15(9-16)11-24-17-10-20-22(29)26-12-18(27(20)14-17)6-7-21(28)25-13-19-5-2-8-30-19/h1-5,8-9,17-18,20,24H,6-7,10-14H2,(H,25,28)(H,26,29)/t17-,18+,20-/m0/s1. The molecule has 160 valence electrons. The molecule has 2 amide bonds. The molecular formula is C22H27ClN4O2S. The number of hydrogen-bond acceptors (Lipinski definition) is 5. The first-order chi connectivity index (χ1) is 14.6. The SMILES string of the molecule is O=C(CC[C@@H]1CNC(=O)[C@@H]2C[C@H](NCc3cccc(Cl)c3)CN12)NCc1cccs1. The van der Waals surface area contributed by atoms with Crippen molar-refractivity contribution in [1.82, 2.24) is 20.9 Å². The maximum absolute atomic E-state index is 12.4. The largest absolute Gasteiger partial charge is 0.353 e. The number of piperazine rings is 1. The van der Waals surface area contributed by atoms with Gasteiger partial charge in [0.1, 0.15) is 0 Å². The first kappa shape index (κ1) is 21.3. The van der Waals surface area contributed by atoms with Crippen molar-refractivity contribution in [1.29, 1.82) is 0 Å². The monoisotopic (exact) mass is 446 g/mol. The summed E-state index contributed by atoms with van der Waals surface area (Å²) in [6.07, 6.45) is 2.00. The summed E-state index contributed by atoms with van der Waals surface area (Å²) < 4.78 is 0. The van der Waals surface area contributed by atoms with Crippen molar-refractivity contribution in [3.8, 4) is 0 Å². The second-order valence-electron chi connectivity index (χ2n) is 7.95. The minimum Gasteiger partial charge on any atom is -0.353 e. The lowest BCUT2D eigenvalue weighted by Gasteiger charge is -2.37. The van der Waals surface area contributed by atoms with Crippen molar-refractivity contribution in [3.05, 3.63) is 57.2 Å². The molecule has 0 bridgehead atoms. The second kappa shape index (κ2) is 9.92. The molecule has 0 spiro atoms. The topological polar surface area (TPSA) is 73.5 Å². The van der Waals surface area contributed by atoms with E-state index in [0.717, 1.165) is 41.4 Å². The summed E-state index contributed by atoms with van der Waals surface area (Å²) in [5.41, 5.74) is 1.13. The molecule has 30 heavy (non-hydrogen) atoms. The van der Waals surface area contributed by atoms with Gasteiger partial charge in [-0.3, -0.25) is 14.5 Å². The first-order valence-electron chi connectivity index (χ1n) is 10.4. The molecule has 8 heteroatoms. The van der Waals surface area contributed by atoms with Gasteiger partial charge in [-0.15, -0.1) is 11.3 Å². The van der Waals surface area contributed by atoms with Crippen LogP contribution in [0.3, 0.4) is 0 Å². The lowest BCUT2D eigenvalue weighted by Crippen LogP contribution is -2.58. The van der Waals surface area contributed by atoms with Gasteiger partial charge in [-0.05, 0) is 42.0 Å². The summed E-state index contributed by atoms with van der Waals surface area (Å²) in [6, 6.07) is 12.2. The molecule has 2 aliphatic rings. The Morgan fingerprint density at radius 2 is 2.17 bits per heavy atom. The van der Waals surface area contributed by atoms with E-state index in [-0.39, 0.29) is 29.9 Å². The van der Waals surface area contributed by atoms with Gasteiger partial charge < -0.3 is 16.0 Å². The zero-order chi connectivity index (χ0) is 20.9. The predicted molar refractivity (Wildman–Crippen MR) is 119 cm³/mol. The summed E-state index contributed by atoms with van der Waals surface area (Å²) in [6.45, 7) is 2.73. The number of thiophene rings is 1. The molecule has 2 fully saturated rings. The number of carbonyl (C=O) groups excluding carboxylic acids is 2. The summed E-state index contributed by atoms with van der Waals surface area (Å²) in [4.78, 5) is 28.1. The van der Waals surface area contributed by atoms with Gasteiger partial charge in [0, 0.05) is 48.0 Å². The third-order valence-corrected chi connectivity index (χ3v) is 6.96. The maximum Gasteiger partial charge on any atom is 0.237 e. The number of nitrogens with one attached hydrogen (secondary N) is 3. The van der Waals surface area contributed by atoms with Crippen LogP contribution in [0.2, 0.25) is 5.02 Å². The Morgan fingerprint density at radius 3 is 2.97 bits per heavy atom. The lowest BCUT2D eigenvalue weighted by atomic mass is 10.0. The van der Waals surface area contributed by atoms with Crippen LogP contribution in [0.15, 0.2) is 41.8 Å². The summed E-state index contributed by atoms with van der Waals surface area (Å²) in [7, 11) is 0. The summed E-state index contributed by atoms with van der Waals surface area (Å²) in [5.74, 6) is 0.159. The van der Waals surface area contributed by atoms with Crippen LogP contribution >= 0.6 is 22.9 Å². The molecule has 0 saturated carbocycles. The van der Waals surface area contributed by atoms with Crippen molar-refractivity contribution >= 4 is 34.8 Å². The molecule has 0 unspecified atom stereocenters. The number of hydrogen-bond donors (Lipinski definition) is 3. The van der Waals surface area contributed by atoms with E-state index in [1.165, 1.54) is 0 Å². The van der Waals surface area contributed by atoms with Gasteiger partial charge in [0.25, 0.3) is 0 Å². The van der Waals surface area contributed by atoms with Gasteiger partial charge in [-0.2, -0.15) is 0 Å². The molecule has 2 aliphatic heterocycles. The van der Waals surface area contributed by atoms with Crippen LogP contribution in [0, 0.1) is 0 Å². The van der Waals surface area contributed by atoms with E-state index in [1.54, 1.807) is 11.3 Å². The van der Waals surface area contributed by atoms with Gasteiger partial charge in [-0.25, -0.2) is 0 Å². The molecule has 3 N–H and O–H groups in total. The highest BCUT2D eigenvalue weighted by molar-refractivity contribution is 7.09. The Morgan fingerprint density at radius 1 is 1.27 bits per heavy atom. The van der Waals surface area contributed by atoms with E-state index in [1.807, 2.05) is 41.8 Å². The molecule has 0 radical (unpaired) electrons. The third-order valence-electron chi connectivity index (χ3n) is 5.85. The van der Waals surface area contributed by atoms with Gasteiger partial charge in [0.2, 0.25) is 11.8 Å². The molecule has 6 nitrogen and oxygen atoms in total. The van der Waals surface area contributed by atoms with E-state index in [9.17, 15) is 9.59 Å². The smallest absolute Gasteiger partial charge is 0.237 e. The van der Waals surface area contributed by atoms with Crippen LogP contribution in [-0.2, 0) is 22.7 Å². The Balaban J connectivity index is 1.27. The van der Waals surface area contributed by atoms with Gasteiger partial charge >= 0.3 is 0 Å². The fourth-order valence-electron chi connectivity index (χ4n) is 4.29. The molecule has 0 aliphatic carbocycles. The second-order valence-corrected chi connectivity index (χ2v) is 9.42. The first-order valence-corrected chi connectivity index (χ1v) is 11.6. The van der Waals surface area contributed by atoms with E-state index in [0.29, 0.717) is 19.5 Å². The van der Waals surface area contributed by atoms with E-state index in [2.05, 4.69) is 20.9 Å². The molecule has 3 heterocycles. The van der Waals surface area contributed by atoms with Crippen molar-refractivity contribution < 1.29 is 9.59 Å². The molecule has 4 rings (SSSR count). The third kappa shape index (κ3) is 5.40. The Hall–Kier alpha value is -1.93. The molecule has 2 aromatic rings. The minimum absolute atomic E-state index is 0.0617. The molecular weight excluding hydrogens is 420 g/mol. The van der Waals surface area contributed by atoms with Crippen molar-refractivity contribution in [2.24, 2.45) is 0 Å². The number of amides is 2. The molecule has 1 aromatic heterocycles. The van der Waals surface area contributed by atoms with Crippen LogP contribution in [0.25, 0.3) is 0 Å².